The molecule has 2 rings (SSSR count). The minimum absolute atomic E-state index is 0.211. The van der Waals surface area contributed by atoms with E-state index in [1.807, 2.05) is 24.3 Å². The molecule has 0 saturated heterocycles. The maximum atomic E-state index is 14.1. The molecule has 0 aromatic heterocycles. The van der Waals surface area contributed by atoms with Gasteiger partial charge in [0, 0.05) is 20.2 Å². The number of benzene rings is 2. The van der Waals surface area contributed by atoms with E-state index in [4.69, 9.17) is 9.47 Å². The van der Waals surface area contributed by atoms with E-state index < -0.39 is 0 Å². The molecule has 0 heterocycles. The fourth-order valence-corrected chi connectivity index (χ4v) is 2.16. The van der Waals surface area contributed by atoms with Crippen molar-refractivity contribution in [3.63, 3.8) is 0 Å². The van der Waals surface area contributed by atoms with Crippen molar-refractivity contribution in [2.75, 3.05) is 20.3 Å². The molecular weight excluding hydrogens is 337 g/mol. The van der Waals surface area contributed by atoms with E-state index >= 15 is 0 Å². The topological polar surface area (TPSA) is 30.5 Å². The largest absolute Gasteiger partial charge is 0.453 e. The zero-order valence-electron chi connectivity index (χ0n) is 11.7. The van der Waals surface area contributed by atoms with Crippen molar-refractivity contribution < 1.29 is 13.9 Å². The van der Waals surface area contributed by atoms with Gasteiger partial charge in [-0.15, -0.1) is 0 Å². The van der Waals surface area contributed by atoms with Crippen LogP contribution in [0.3, 0.4) is 0 Å². The van der Waals surface area contributed by atoms with Gasteiger partial charge in [-0.2, -0.15) is 0 Å². The molecule has 5 heteroatoms. The van der Waals surface area contributed by atoms with Crippen LogP contribution in [0.1, 0.15) is 5.56 Å². The monoisotopic (exact) mass is 353 g/mol. The maximum Gasteiger partial charge on any atom is 0.166 e. The van der Waals surface area contributed by atoms with Crippen LogP contribution >= 0.6 is 15.9 Å². The van der Waals surface area contributed by atoms with Crippen molar-refractivity contribution in [2.45, 2.75) is 6.54 Å². The minimum Gasteiger partial charge on any atom is -0.453 e. The van der Waals surface area contributed by atoms with E-state index in [0.29, 0.717) is 18.9 Å². The summed E-state index contributed by atoms with van der Waals surface area (Å²) in [5.74, 6) is 0.418. The van der Waals surface area contributed by atoms with E-state index in [9.17, 15) is 4.39 Å². The van der Waals surface area contributed by atoms with Crippen LogP contribution in [-0.2, 0) is 11.3 Å². The number of rotatable bonds is 7. The van der Waals surface area contributed by atoms with E-state index in [0.717, 1.165) is 16.6 Å². The molecule has 0 aliphatic rings. The summed E-state index contributed by atoms with van der Waals surface area (Å²) >= 11 is 3.37. The molecule has 0 spiro atoms. The van der Waals surface area contributed by atoms with Crippen LogP contribution < -0.4 is 10.1 Å². The van der Waals surface area contributed by atoms with Crippen LogP contribution in [0.2, 0.25) is 0 Å². The van der Waals surface area contributed by atoms with E-state index in [2.05, 4.69) is 21.2 Å². The molecule has 1 N–H and O–H groups in total. The van der Waals surface area contributed by atoms with Gasteiger partial charge in [-0.1, -0.05) is 18.2 Å². The number of para-hydroxylation sites is 1. The summed E-state index contributed by atoms with van der Waals surface area (Å²) < 4.78 is 25.4. The molecule has 0 aliphatic carbocycles. The summed E-state index contributed by atoms with van der Waals surface area (Å²) in [7, 11) is 1.65. The third kappa shape index (κ3) is 4.81. The highest BCUT2D eigenvalue weighted by Crippen LogP contribution is 2.30. The third-order valence-corrected chi connectivity index (χ3v) is 3.52. The number of halogens is 2. The molecule has 0 radical (unpaired) electrons. The molecule has 0 saturated carbocycles. The maximum absolute atomic E-state index is 14.1. The summed E-state index contributed by atoms with van der Waals surface area (Å²) in [4.78, 5) is 0. The van der Waals surface area contributed by atoms with Gasteiger partial charge in [-0.05, 0) is 45.8 Å². The van der Waals surface area contributed by atoms with E-state index in [-0.39, 0.29) is 11.6 Å². The number of hydrogen-bond donors (Lipinski definition) is 1. The molecule has 21 heavy (non-hydrogen) atoms. The SMILES string of the molecule is COCCNCc1ccc(Oc2ccccc2Br)c(F)c1. The zero-order chi connectivity index (χ0) is 15.1. The standard InChI is InChI=1S/C16H17BrFNO2/c1-20-9-8-19-11-12-6-7-16(14(18)10-12)21-15-5-3-2-4-13(15)17/h2-7,10,19H,8-9,11H2,1H3. The van der Waals surface area contributed by atoms with Crippen LogP contribution in [0.4, 0.5) is 4.39 Å². The van der Waals surface area contributed by atoms with Crippen molar-refractivity contribution >= 4 is 15.9 Å². The van der Waals surface area contributed by atoms with Crippen molar-refractivity contribution in [1.82, 2.24) is 5.32 Å². The normalized spacial score (nSPS) is 10.6. The van der Waals surface area contributed by atoms with Gasteiger partial charge in [-0.3, -0.25) is 0 Å². The molecule has 3 nitrogen and oxygen atoms in total. The predicted molar refractivity (Wildman–Crippen MR) is 84.2 cm³/mol. The molecule has 112 valence electrons. The smallest absolute Gasteiger partial charge is 0.166 e. The van der Waals surface area contributed by atoms with Gasteiger partial charge in [-0.25, -0.2) is 4.39 Å². The summed E-state index contributed by atoms with van der Waals surface area (Å²) in [5.41, 5.74) is 0.864. The second-order valence-electron chi connectivity index (χ2n) is 4.47. The number of methoxy groups -OCH3 is 1. The number of ether oxygens (including phenoxy) is 2. The van der Waals surface area contributed by atoms with Crippen molar-refractivity contribution in [3.8, 4) is 11.5 Å². The Bertz CT molecular complexity index is 592. The Kier molecular flexibility index (Phi) is 6.17. The Morgan fingerprint density at radius 3 is 2.67 bits per heavy atom. The first-order chi connectivity index (χ1) is 10.2. The highest BCUT2D eigenvalue weighted by atomic mass is 79.9. The molecule has 0 fully saturated rings. The summed E-state index contributed by atoms with van der Waals surface area (Å²) in [6, 6.07) is 12.3. The number of nitrogens with one attached hydrogen (secondary N) is 1. The summed E-state index contributed by atoms with van der Waals surface area (Å²) in [5, 5.41) is 3.17. The molecule has 2 aromatic rings. The Labute approximate surface area is 132 Å². The fraction of sp³-hybridized carbons (Fsp3) is 0.250. The van der Waals surface area contributed by atoms with Crippen molar-refractivity contribution in [1.29, 1.82) is 0 Å². The van der Waals surface area contributed by atoms with Gasteiger partial charge in [0.2, 0.25) is 0 Å². The molecule has 0 aliphatic heterocycles. The lowest BCUT2D eigenvalue weighted by molar-refractivity contribution is 0.199. The van der Waals surface area contributed by atoms with Gasteiger partial charge in [0.05, 0.1) is 11.1 Å². The molecular formula is C16H17BrFNO2. The van der Waals surface area contributed by atoms with Gasteiger partial charge in [0.1, 0.15) is 5.75 Å². The van der Waals surface area contributed by atoms with E-state index in [1.165, 1.54) is 6.07 Å². The Hall–Kier alpha value is -1.43. The van der Waals surface area contributed by atoms with Crippen LogP contribution in [0.25, 0.3) is 0 Å². The highest BCUT2D eigenvalue weighted by molar-refractivity contribution is 9.10. The first-order valence-corrected chi connectivity index (χ1v) is 7.40. The second kappa shape index (κ2) is 8.12. The molecule has 0 amide bonds. The first-order valence-electron chi connectivity index (χ1n) is 6.61. The van der Waals surface area contributed by atoms with Crippen LogP contribution in [0.15, 0.2) is 46.9 Å². The van der Waals surface area contributed by atoms with Gasteiger partial charge in [0.25, 0.3) is 0 Å². The van der Waals surface area contributed by atoms with Crippen molar-refractivity contribution in [3.05, 3.63) is 58.3 Å². The molecule has 0 unspecified atom stereocenters. The van der Waals surface area contributed by atoms with E-state index in [1.54, 1.807) is 19.2 Å². The van der Waals surface area contributed by atoms with Gasteiger partial charge in [0.15, 0.2) is 11.6 Å². The second-order valence-corrected chi connectivity index (χ2v) is 5.32. The zero-order valence-corrected chi connectivity index (χ0v) is 13.3. The van der Waals surface area contributed by atoms with Crippen molar-refractivity contribution in [2.24, 2.45) is 0 Å². The average molecular weight is 354 g/mol. The first kappa shape index (κ1) is 15.9. The molecule has 0 atom stereocenters. The lowest BCUT2D eigenvalue weighted by atomic mass is 10.2. The fourth-order valence-electron chi connectivity index (χ4n) is 1.79. The lowest BCUT2D eigenvalue weighted by Crippen LogP contribution is -2.18. The van der Waals surface area contributed by atoms with Gasteiger partial charge >= 0.3 is 0 Å². The van der Waals surface area contributed by atoms with Crippen LogP contribution in [-0.4, -0.2) is 20.3 Å². The Morgan fingerprint density at radius 2 is 1.95 bits per heavy atom. The Morgan fingerprint density at radius 1 is 1.14 bits per heavy atom. The highest BCUT2D eigenvalue weighted by Gasteiger charge is 2.08. The molecule has 0 bridgehead atoms. The van der Waals surface area contributed by atoms with Gasteiger partial charge < -0.3 is 14.8 Å². The van der Waals surface area contributed by atoms with Crippen LogP contribution in [0, 0.1) is 5.82 Å². The molecule has 2 aromatic carbocycles. The Balaban J connectivity index is 2.01. The third-order valence-electron chi connectivity index (χ3n) is 2.86. The summed E-state index contributed by atoms with van der Waals surface area (Å²) in [6.07, 6.45) is 0. The minimum atomic E-state index is -0.378. The number of hydrogen-bond acceptors (Lipinski definition) is 3. The lowest BCUT2D eigenvalue weighted by Gasteiger charge is -2.10. The predicted octanol–water partition coefficient (Wildman–Crippen LogP) is 4.12. The summed E-state index contributed by atoms with van der Waals surface area (Å²) in [6.45, 7) is 1.95. The quantitative estimate of drug-likeness (QED) is 0.759. The average Bonchev–Trinajstić information content (AvgIpc) is 2.48. The van der Waals surface area contributed by atoms with Crippen LogP contribution in [0.5, 0.6) is 11.5 Å².